The van der Waals surface area contributed by atoms with Crippen LogP contribution in [0.1, 0.15) is 36.2 Å². The Morgan fingerprint density at radius 1 is 1.28 bits per heavy atom. The summed E-state index contributed by atoms with van der Waals surface area (Å²) >= 11 is 3.30. The summed E-state index contributed by atoms with van der Waals surface area (Å²) in [6.45, 7) is 4.50. The van der Waals surface area contributed by atoms with Crippen LogP contribution >= 0.6 is 15.9 Å². The van der Waals surface area contributed by atoms with Gasteiger partial charge in [0.1, 0.15) is 11.5 Å². The number of nitrogens with one attached hydrogen (secondary N) is 1. The van der Waals surface area contributed by atoms with Crippen LogP contribution in [0.5, 0.6) is 0 Å². The number of H-pyrrole nitrogens is 1. The molecule has 0 atom stereocenters. The lowest BCUT2D eigenvalue weighted by atomic mass is 10.1. The van der Waals surface area contributed by atoms with E-state index in [1.165, 1.54) is 27.8 Å². The van der Waals surface area contributed by atoms with Gasteiger partial charge in [0.05, 0.1) is 10.9 Å². The van der Waals surface area contributed by atoms with Crippen molar-refractivity contribution in [2.24, 2.45) is 0 Å². The molecule has 9 heteroatoms. The van der Waals surface area contributed by atoms with E-state index in [2.05, 4.69) is 25.9 Å². The van der Waals surface area contributed by atoms with E-state index in [1.807, 2.05) is 6.92 Å². The van der Waals surface area contributed by atoms with Crippen molar-refractivity contribution in [2.75, 3.05) is 6.54 Å². The van der Waals surface area contributed by atoms with E-state index in [-0.39, 0.29) is 29.0 Å². The lowest BCUT2D eigenvalue weighted by molar-refractivity contribution is 0.0751. The minimum Gasteiger partial charge on any atom is -0.334 e. The molecule has 0 aliphatic rings. The molecule has 2 heterocycles. The Bertz CT molecular complexity index is 1190. The van der Waals surface area contributed by atoms with E-state index in [1.54, 1.807) is 19.1 Å². The number of aromatic nitrogens is 3. The SMILES string of the molecule is CCCn1c(=O)[nH]c(=O)c2cc(C(=O)N(CC)Cc3cc(Br)ccc3F)cnc21. The number of benzene rings is 1. The Kier molecular flexibility index (Phi) is 6.26. The highest BCUT2D eigenvalue weighted by Gasteiger charge is 2.19. The first-order chi connectivity index (χ1) is 13.8. The summed E-state index contributed by atoms with van der Waals surface area (Å²) < 4.78 is 16.2. The number of rotatable bonds is 6. The fourth-order valence-electron chi connectivity index (χ4n) is 3.10. The second kappa shape index (κ2) is 8.69. The normalized spacial score (nSPS) is 11.0. The first-order valence-electron chi connectivity index (χ1n) is 9.21. The number of carbonyl (C=O) groups is 1. The monoisotopic (exact) mass is 462 g/mol. The molecule has 29 heavy (non-hydrogen) atoms. The van der Waals surface area contributed by atoms with Gasteiger partial charge in [-0.3, -0.25) is 19.1 Å². The Morgan fingerprint density at radius 3 is 2.72 bits per heavy atom. The number of nitrogens with zero attached hydrogens (tertiary/aromatic N) is 3. The van der Waals surface area contributed by atoms with Gasteiger partial charge in [0.2, 0.25) is 0 Å². The molecule has 0 unspecified atom stereocenters. The topological polar surface area (TPSA) is 88.1 Å². The van der Waals surface area contributed by atoms with Gasteiger partial charge < -0.3 is 4.90 Å². The molecule has 152 valence electrons. The van der Waals surface area contributed by atoms with Crippen LogP contribution in [-0.2, 0) is 13.1 Å². The molecular weight excluding hydrogens is 443 g/mol. The second-order valence-electron chi connectivity index (χ2n) is 6.56. The lowest BCUT2D eigenvalue weighted by Gasteiger charge is -2.21. The van der Waals surface area contributed by atoms with Crippen molar-refractivity contribution in [1.82, 2.24) is 19.4 Å². The van der Waals surface area contributed by atoms with E-state index < -0.39 is 17.1 Å². The van der Waals surface area contributed by atoms with Gasteiger partial charge in [-0.15, -0.1) is 0 Å². The largest absolute Gasteiger partial charge is 0.334 e. The van der Waals surface area contributed by atoms with Crippen LogP contribution in [0.2, 0.25) is 0 Å². The van der Waals surface area contributed by atoms with Crippen LogP contribution in [0.15, 0.2) is 44.5 Å². The zero-order valence-electron chi connectivity index (χ0n) is 16.0. The molecule has 2 aromatic heterocycles. The molecule has 0 radical (unpaired) electrons. The van der Waals surface area contributed by atoms with Gasteiger partial charge in [-0.1, -0.05) is 22.9 Å². The summed E-state index contributed by atoms with van der Waals surface area (Å²) in [6, 6.07) is 5.97. The van der Waals surface area contributed by atoms with Gasteiger partial charge >= 0.3 is 5.69 Å². The van der Waals surface area contributed by atoms with Gasteiger partial charge in [0.15, 0.2) is 0 Å². The summed E-state index contributed by atoms with van der Waals surface area (Å²) in [6.07, 6.45) is 2.03. The van der Waals surface area contributed by atoms with Gasteiger partial charge in [0.25, 0.3) is 11.5 Å². The van der Waals surface area contributed by atoms with Crippen molar-refractivity contribution in [1.29, 1.82) is 0 Å². The first kappa shape index (κ1) is 20.9. The predicted molar refractivity (Wildman–Crippen MR) is 111 cm³/mol. The maximum atomic E-state index is 14.1. The highest BCUT2D eigenvalue weighted by atomic mass is 79.9. The molecule has 1 N–H and O–H groups in total. The number of halogens is 2. The molecule has 0 aliphatic carbocycles. The lowest BCUT2D eigenvalue weighted by Crippen LogP contribution is -2.33. The van der Waals surface area contributed by atoms with E-state index in [9.17, 15) is 18.8 Å². The van der Waals surface area contributed by atoms with Crippen molar-refractivity contribution in [3.63, 3.8) is 0 Å². The maximum absolute atomic E-state index is 14.1. The minimum atomic E-state index is -0.597. The average Bonchev–Trinajstić information content (AvgIpc) is 2.71. The molecule has 1 aromatic carbocycles. The Balaban J connectivity index is 2.00. The molecule has 0 saturated heterocycles. The number of hydrogen-bond donors (Lipinski definition) is 1. The van der Waals surface area contributed by atoms with Crippen molar-refractivity contribution in [3.05, 3.63) is 72.7 Å². The van der Waals surface area contributed by atoms with E-state index in [0.29, 0.717) is 29.5 Å². The summed E-state index contributed by atoms with van der Waals surface area (Å²) in [5.41, 5.74) is -0.324. The summed E-state index contributed by atoms with van der Waals surface area (Å²) in [5, 5.41) is 0.161. The van der Waals surface area contributed by atoms with Crippen LogP contribution in [0, 0.1) is 5.82 Å². The van der Waals surface area contributed by atoms with Crippen LogP contribution in [-0.4, -0.2) is 31.9 Å². The third-order valence-corrected chi connectivity index (χ3v) is 5.06. The molecule has 0 spiro atoms. The molecule has 1 amide bonds. The Labute approximate surface area is 174 Å². The van der Waals surface area contributed by atoms with Crippen LogP contribution in [0.4, 0.5) is 4.39 Å². The fraction of sp³-hybridized carbons (Fsp3) is 0.300. The summed E-state index contributed by atoms with van der Waals surface area (Å²) in [7, 11) is 0. The quantitative estimate of drug-likeness (QED) is 0.609. The Hall–Kier alpha value is -2.81. The number of amides is 1. The first-order valence-corrected chi connectivity index (χ1v) is 10.0. The second-order valence-corrected chi connectivity index (χ2v) is 7.48. The smallest absolute Gasteiger partial charge is 0.329 e. The van der Waals surface area contributed by atoms with Crippen molar-refractivity contribution in [3.8, 4) is 0 Å². The van der Waals surface area contributed by atoms with E-state index >= 15 is 0 Å². The molecule has 7 nitrogen and oxygen atoms in total. The van der Waals surface area contributed by atoms with Gasteiger partial charge in [-0.25, -0.2) is 14.2 Å². The van der Waals surface area contributed by atoms with Gasteiger partial charge in [-0.05, 0) is 37.6 Å². The van der Waals surface area contributed by atoms with E-state index in [4.69, 9.17) is 0 Å². The van der Waals surface area contributed by atoms with Crippen molar-refractivity contribution >= 4 is 32.9 Å². The third kappa shape index (κ3) is 4.29. The Morgan fingerprint density at radius 2 is 2.03 bits per heavy atom. The predicted octanol–water partition coefficient (Wildman–Crippen LogP) is 3.06. The average molecular weight is 463 g/mol. The molecule has 3 aromatic rings. The standard InChI is InChI=1S/C20H20BrFN4O3/c1-3-7-26-17-15(18(27)24-20(26)29)9-12(10-23-17)19(28)25(4-2)11-13-8-14(21)5-6-16(13)22/h5-6,8-10H,3-4,7,11H2,1-2H3,(H,24,27,29). The van der Waals surface area contributed by atoms with Crippen molar-refractivity contribution in [2.45, 2.75) is 33.4 Å². The number of carbonyl (C=O) groups excluding carboxylic acids is 1. The minimum absolute atomic E-state index is 0.0737. The van der Waals surface area contributed by atoms with Crippen LogP contribution in [0.25, 0.3) is 11.0 Å². The van der Waals surface area contributed by atoms with Crippen LogP contribution in [0.3, 0.4) is 0 Å². The highest BCUT2D eigenvalue weighted by molar-refractivity contribution is 9.10. The number of aromatic amines is 1. The molecule has 0 aliphatic heterocycles. The summed E-state index contributed by atoms with van der Waals surface area (Å²) in [4.78, 5) is 45.2. The fourth-order valence-corrected chi connectivity index (χ4v) is 3.50. The number of hydrogen-bond acceptors (Lipinski definition) is 4. The number of fused-ring (bicyclic) bond motifs is 1. The molecular formula is C20H20BrFN4O3. The van der Waals surface area contributed by atoms with E-state index in [0.717, 1.165) is 0 Å². The zero-order chi connectivity index (χ0) is 21.1. The molecule has 0 bridgehead atoms. The van der Waals surface area contributed by atoms with Crippen LogP contribution < -0.4 is 11.2 Å². The van der Waals surface area contributed by atoms with Gasteiger partial charge in [0, 0.05) is 35.9 Å². The number of aryl methyl sites for hydroxylation is 1. The van der Waals surface area contributed by atoms with Gasteiger partial charge in [-0.2, -0.15) is 0 Å². The molecule has 0 saturated carbocycles. The third-order valence-electron chi connectivity index (χ3n) is 4.56. The van der Waals surface area contributed by atoms with Crippen molar-refractivity contribution < 1.29 is 9.18 Å². The highest BCUT2D eigenvalue weighted by Crippen LogP contribution is 2.19. The molecule has 0 fully saturated rings. The number of pyridine rings is 1. The maximum Gasteiger partial charge on any atom is 0.329 e. The zero-order valence-corrected chi connectivity index (χ0v) is 17.6. The summed E-state index contributed by atoms with van der Waals surface area (Å²) in [5.74, 6) is -0.787. The molecule has 3 rings (SSSR count).